The molecule has 3 aromatic rings. The summed E-state index contributed by atoms with van der Waals surface area (Å²) in [6.07, 6.45) is 8.10. The van der Waals surface area contributed by atoms with Gasteiger partial charge in [0.2, 0.25) is 5.88 Å². The van der Waals surface area contributed by atoms with Gasteiger partial charge in [0, 0.05) is 12.6 Å². The average molecular weight is 484 g/mol. The Balaban J connectivity index is 1.43. The van der Waals surface area contributed by atoms with E-state index in [4.69, 9.17) is 18.9 Å². The molecule has 3 heterocycles. The molecule has 4 rings (SSSR count). The maximum absolute atomic E-state index is 12.1. The van der Waals surface area contributed by atoms with Crippen LogP contribution in [0.15, 0.2) is 30.9 Å². The van der Waals surface area contributed by atoms with Gasteiger partial charge in [0.25, 0.3) is 0 Å². The van der Waals surface area contributed by atoms with E-state index in [1.807, 2.05) is 32.9 Å². The fourth-order valence-electron chi connectivity index (χ4n) is 3.97. The standard InChI is InChI=1S/C25H33N5O5/c1-25(2,3)35-23(31)16-30-15-18(14-28-30)34-24-19-12-21(32-4)22(13-20(19)26-17-27-24)33-11-7-10-29-8-5-6-9-29/h12-15,17H,5-11,16H2,1-4H3. The van der Waals surface area contributed by atoms with Crippen molar-refractivity contribution in [3.63, 3.8) is 0 Å². The van der Waals surface area contributed by atoms with Crippen molar-refractivity contribution in [3.05, 3.63) is 30.9 Å². The van der Waals surface area contributed by atoms with Gasteiger partial charge < -0.3 is 23.8 Å². The molecule has 1 aromatic carbocycles. The summed E-state index contributed by atoms with van der Waals surface area (Å²) >= 11 is 0. The average Bonchev–Trinajstić information content (AvgIpc) is 3.47. The molecule has 0 atom stereocenters. The van der Waals surface area contributed by atoms with E-state index in [2.05, 4.69) is 20.0 Å². The van der Waals surface area contributed by atoms with Gasteiger partial charge in [-0.15, -0.1) is 0 Å². The summed E-state index contributed by atoms with van der Waals surface area (Å²) in [5, 5.41) is 4.85. The van der Waals surface area contributed by atoms with Gasteiger partial charge in [-0.05, 0) is 59.2 Å². The summed E-state index contributed by atoms with van der Waals surface area (Å²) in [7, 11) is 1.60. The Bertz CT molecular complexity index is 1150. The summed E-state index contributed by atoms with van der Waals surface area (Å²) in [6, 6.07) is 3.65. The van der Waals surface area contributed by atoms with E-state index in [0.29, 0.717) is 40.6 Å². The normalized spacial score (nSPS) is 14.3. The highest BCUT2D eigenvalue weighted by atomic mass is 16.6. The van der Waals surface area contributed by atoms with Crippen LogP contribution < -0.4 is 14.2 Å². The second kappa shape index (κ2) is 10.9. The highest BCUT2D eigenvalue weighted by Crippen LogP contribution is 2.36. The zero-order chi connectivity index (χ0) is 24.8. The SMILES string of the molecule is COc1cc2c(Oc3cnn(CC(=O)OC(C)(C)C)c3)ncnc2cc1OCCCN1CCCC1. The molecule has 0 amide bonds. The smallest absolute Gasteiger partial charge is 0.328 e. The fraction of sp³-hybridized carbons (Fsp3) is 0.520. The molecule has 1 fully saturated rings. The van der Waals surface area contributed by atoms with Crippen molar-refractivity contribution in [2.24, 2.45) is 0 Å². The van der Waals surface area contributed by atoms with Gasteiger partial charge in [-0.1, -0.05) is 0 Å². The fourth-order valence-corrected chi connectivity index (χ4v) is 3.97. The number of hydrogen-bond acceptors (Lipinski definition) is 9. The largest absolute Gasteiger partial charge is 0.493 e. The van der Waals surface area contributed by atoms with Crippen molar-refractivity contribution < 1.29 is 23.7 Å². The number of methoxy groups -OCH3 is 1. The summed E-state index contributed by atoms with van der Waals surface area (Å²) in [4.78, 5) is 23.2. The van der Waals surface area contributed by atoms with Crippen LogP contribution in [-0.2, 0) is 16.1 Å². The van der Waals surface area contributed by atoms with E-state index < -0.39 is 5.60 Å². The third-order valence-electron chi connectivity index (χ3n) is 5.49. The van der Waals surface area contributed by atoms with Crippen molar-refractivity contribution in [1.29, 1.82) is 0 Å². The number of likely N-dealkylation sites (tertiary alicyclic amines) is 1. The van der Waals surface area contributed by atoms with Crippen LogP contribution in [0.4, 0.5) is 0 Å². The third-order valence-corrected chi connectivity index (χ3v) is 5.49. The highest BCUT2D eigenvalue weighted by Gasteiger charge is 2.18. The molecule has 35 heavy (non-hydrogen) atoms. The van der Waals surface area contributed by atoms with Crippen molar-refractivity contribution in [2.75, 3.05) is 33.4 Å². The summed E-state index contributed by atoms with van der Waals surface area (Å²) < 4.78 is 24.3. The van der Waals surface area contributed by atoms with Crippen LogP contribution in [0.2, 0.25) is 0 Å². The van der Waals surface area contributed by atoms with E-state index in [1.165, 1.54) is 43.1 Å². The Morgan fingerprint density at radius 1 is 1.11 bits per heavy atom. The van der Waals surface area contributed by atoms with Crippen molar-refractivity contribution >= 4 is 16.9 Å². The number of ether oxygens (including phenoxy) is 4. The molecule has 188 valence electrons. The van der Waals surface area contributed by atoms with Crippen molar-refractivity contribution in [1.82, 2.24) is 24.6 Å². The summed E-state index contributed by atoms with van der Waals surface area (Å²) in [5.74, 6) is 1.63. The van der Waals surface area contributed by atoms with Gasteiger partial charge >= 0.3 is 5.97 Å². The first kappa shape index (κ1) is 24.7. The van der Waals surface area contributed by atoms with Gasteiger partial charge in [-0.2, -0.15) is 5.10 Å². The van der Waals surface area contributed by atoms with Crippen molar-refractivity contribution in [3.8, 4) is 23.1 Å². The number of fused-ring (bicyclic) bond motifs is 1. The molecule has 0 spiro atoms. The molecule has 2 aromatic heterocycles. The first-order chi connectivity index (χ1) is 16.8. The molecule has 0 N–H and O–H groups in total. The lowest BCUT2D eigenvalue weighted by molar-refractivity contribution is -0.155. The molecule has 1 saturated heterocycles. The maximum Gasteiger partial charge on any atom is 0.328 e. The van der Waals surface area contributed by atoms with Crippen LogP contribution in [0.5, 0.6) is 23.1 Å². The van der Waals surface area contributed by atoms with E-state index in [0.717, 1.165) is 13.0 Å². The van der Waals surface area contributed by atoms with Gasteiger partial charge in [0.05, 0.1) is 37.0 Å². The number of benzene rings is 1. The third kappa shape index (κ3) is 6.82. The van der Waals surface area contributed by atoms with Crippen LogP contribution in [0.3, 0.4) is 0 Å². The highest BCUT2D eigenvalue weighted by molar-refractivity contribution is 5.87. The molecular weight excluding hydrogens is 450 g/mol. The van der Waals surface area contributed by atoms with Gasteiger partial charge in [0.15, 0.2) is 17.2 Å². The maximum atomic E-state index is 12.1. The molecule has 10 nitrogen and oxygen atoms in total. The molecule has 0 unspecified atom stereocenters. The quantitative estimate of drug-likeness (QED) is 0.314. The Kier molecular flexibility index (Phi) is 7.70. The van der Waals surface area contributed by atoms with Crippen LogP contribution in [0.25, 0.3) is 10.9 Å². The van der Waals surface area contributed by atoms with E-state index in [-0.39, 0.29) is 12.5 Å². The Hall–Kier alpha value is -3.40. The second-order valence-electron chi connectivity index (χ2n) is 9.51. The molecule has 0 aliphatic carbocycles. The molecule has 0 bridgehead atoms. The topological polar surface area (TPSA) is 101 Å². The lowest BCUT2D eigenvalue weighted by Gasteiger charge is -2.19. The van der Waals surface area contributed by atoms with Gasteiger partial charge in [-0.3, -0.25) is 9.48 Å². The van der Waals surface area contributed by atoms with Gasteiger partial charge in [-0.25, -0.2) is 9.97 Å². The summed E-state index contributed by atoms with van der Waals surface area (Å²) in [6.45, 7) is 9.45. The predicted molar refractivity (Wildman–Crippen MR) is 130 cm³/mol. The minimum absolute atomic E-state index is 0.0164. The zero-order valence-corrected chi connectivity index (χ0v) is 20.8. The Labute approximate surface area is 205 Å². The second-order valence-corrected chi connectivity index (χ2v) is 9.51. The molecule has 1 aliphatic heterocycles. The number of carbonyl (C=O) groups is 1. The monoisotopic (exact) mass is 483 g/mol. The Morgan fingerprint density at radius 2 is 1.91 bits per heavy atom. The first-order valence-corrected chi connectivity index (χ1v) is 11.9. The van der Waals surface area contributed by atoms with Gasteiger partial charge in [0.1, 0.15) is 18.5 Å². The van der Waals surface area contributed by atoms with E-state index in [1.54, 1.807) is 13.3 Å². The number of aromatic nitrogens is 4. The predicted octanol–water partition coefficient (Wildman–Crippen LogP) is 3.83. The number of hydrogen-bond donors (Lipinski definition) is 0. The zero-order valence-electron chi connectivity index (χ0n) is 20.8. The van der Waals surface area contributed by atoms with Crippen LogP contribution >= 0.6 is 0 Å². The molecule has 10 heteroatoms. The molecule has 0 radical (unpaired) electrons. The lowest BCUT2D eigenvalue weighted by atomic mass is 10.2. The van der Waals surface area contributed by atoms with Crippen LogP contribution in [0, 0.1) is 0 Å². The van der Waals surface area contributed by atoms with Crippen LogP contribution in [0.1, 0.15) is 40.0 Å². The molecule has 1 aliphatic rings. The minimum Gasteiger partial charge on any atom is -0.493 e. The number of rotatable bonds is 10. The first-order valence-electron chi connectivity index (χ1n) is 11.9. The van der Waals surface area contributed by atoms with E-state index >= 15 is 0 Å². The minimum atomic E-state index is -0.557. The van der Waals surface area contributed by atoms with Crippen molar-refractivity contribution in [2.45, 2.75) is 52.2 Å². The number of nitrogens with zero attached hydrogens (tertiary/aromatic N) is 5. The molecule has 0 saturated carbocycles. The Morgan fingerprint density at radius 3 is 2.66 bits per heavy atom. The molecular formula is C25H33N5O5. The number of esters is 1. The lowest BCUT2D eigenvalue weighted by Crippen LogP contribution is -2.26. The van der Waals surface area contributed by atoms with E-state index in [9.17, 15) is 4.79 Å². The number of carbonyl (C=O) groups excluding carboxylic acids is 1. The van der Waals surface area contributed by atoms with Crippen LogP contribution in [-0.4, -0.2) is 69.6 Å². The summed E-state index contributed by atoms with van der Waals surface area (Å²) in [5.41, 5.74) is 0.116.